The SMILES string of the molecule is CCNCCOCCOCCn1cc(COC)nn1. The van der Waals surface area contributed by atoms with Crippen molar-refractivity contribution in [2.75, 3.05) is 46.6 Å². The summed E-state index contributed by atoms with van der Waals surface area (Å²) in [5.41, 5.74) is 0.828. The van der Waals surface area contributed by atoms with Crippen LogP contribution in [0.2, 0.25) is 0 Å². The number of hydrogen-bond donors (Lipinski definition) is 1. The highest BCUT2D eigenvalue weighted by Crippen LogP contribution is 1.94. The number of aromatic nitrogens is 3. The lowest BCUT2D eigenvalue weighted by molar-refractivity contribution is 0.0450. The first-order chi connectivity index (χ1) is 9.36. The van der Waals surface area contributed by atoms with E-state index in [1.165, 1.54) is 0 Å². The van der Waals surface area contributed by atoms with E-state index in [0.29, 0.717) is 33.0 Å². The van der Waals surface area contributed by atoms with Gasteiger partial charge in [-0.15, -0.1) is 5.10 Å². The number of nitrogens with one attached hydrogen (secondary N) is 1. The third-order valence-corrected chi connectivity index (χ3v) is 2.39. The average Bonchev–Trinajstić information content (AvgIpc) is 2.85. The first kappa shape index (κ1) is 16.0. The van der Waals surface area contributed by atoms with Gasteiger partial charge in [0, 0.05) is 13.7 Å². The third kappa shape index (κ3) is 7.89. The molecule has 0 saturated heterocycles. The smallest absolute Gasteiger partial charge is 0.108 e. The molecule has 1 heterocycles. The second-order valence-corrected chi connectivity index (χ2v) is 3.98. The molecule has 0 aliphatic heterocycles. The van der Waals surface area contributed by atoms with E-state index in [0.717, 1.165) is 25.4 Å². The maximum atomic E-state index is 5.45. The zero-order valence-corrected chi connectivity index (χ0v) is 11.8. The Hall–Kier alpha value is -1.02. The van der Waals surface area contributed by atoms with Gasteiger partial charge in [-0.3, -0.25) is 0 Å². The monoisotopic (exact) mass is 272 g/mol. The van der Waals surface area contributed by atoms with Crippen LogP contribution in [0, 0.1) is 0 Å². The summed E-state index contributed by atoms with van der Waals surface area (Å²) < 4.78 is 17.6. The van der Waals surface area contributed by atoms with Gasteiger partial charge in [0.2, 0.25) is 0 Å². The summed E-state index contributed by atoms with van der Waals surface area (Å²) in [6.45, 7) is 7.66. The molecule has 0 aromatic carbocycles. The van der Waals surface area contributed by atoms with E-state index in [-0.39, 0.29) is 0 Å². The zero-order chi connectivity index (χ0) is 13.8. The van der Waals surface area contributed by atoms with Gasteiger partial charge in [0.1, 0.15) is 5.69 Å². The molecule has 1 N–H and O–H groups in total. The van der Waals surface area contributed by atoms with E-state index in [2.05, 4.69) is 22.6 Å². The van der Waals surface area contributed by atoms with Crippen LogP contribution < -0.4 is 5.32 Å². The molecule has 1 aromatic heterocycles. The maximum absolute atomic E-state index is 5.45. The number of methoxy groups -OCH3 is 1. The van der Waals surface area contributed by atoms with Crippen LogP contribution in [0.4, 0.5) is 0 Å². The van der Waals surface area contributed by atoms with Crippen molar-refractivity contribution >= 4 is 0 Å². The van der Waals surface area contributed by atoms with E-state index in [1.54, 1.807) is 11.8 Å². The minimum atomic E-state index is 0.487. The molecule has 0 radical (unpaired) electrons. The molecule has 0 spiro atoms. The highest BCUT2D eigenvalue weighted by molar-refractivity contribution is 4.89. The van der Waals surface area contributed by atoms with E-state index >= 15 is 0 Å². The molecule has 0 bridgehead atoms. The summed E-state index contributed by atoms with van der Waals surface area (Å²) >= 11 is 0. The van der Waals surface area contributed by atoms with Crippen molar-refractivity contribution < 1.29 is 14.2 Å². The van der Waals surface area contributed by atoms with Crippen molar-refractivity contribution in [3.63, 3.8) is 0 Å². The molecule has 0 unspecified atom stereocenters. The molecule has 110 valence electrons. The van der Waals surface area contributed by atoms with Crippen molar-refractivity contribution in [1.82, 2.24) is 20.3 Å². The van der Waals surface area contributed by atoms with Crippen molar-refractivity contribution in [2.24, 2.45) is 0 Å². The zero-order valence-electron chi connectivity index (χ0n) is 11.8. The lowest BCUT2D eigenvalue weighted by atomic mass is 10.5. The number of hydrogen-bond acceptors (Lipinski definition) is 6. The van der Waals surface area contributed by atoms with Gasteiger partial charge in [0.05, 0.1) is 45.8 Å². The third-order valence-electron chi connectivity index (χ3n) is 2.39. The molecular weight excluding hydrogens is 248 g/mol. The molecular formula is C12H24N4O3. The van der Waals surface area contributed by atoms with Crippen molar-refractivity contribution in [1.29, 1.82) is 0 Å². The normalized spacial score (nSPS) is 11.1. The summed E-state index contributed by atoms with van der Waals surface area (Å²) in [4.78, 5) is 0. The first-order valence-corrected chi connectivity index (χ1v) is 6.61. The summed E-state index contributed by atoms with van der Waals surface area (Å²) in [5.74, 6) is 0. The highest BCUT2D eigenvalue weighted by atomic mass is 16.5. The van der Waals surface area contributed by atoms with Gasteiger partial charge in [0.25, 0.3) is 0 Å². The summed E-state index contributed by atoms with van der Waals surface area (Å²) in [5, 5.41) is 11.1. The molecule has 0 aliphatic carbocycles. The van der Waals surface area contributed by atoms with E-state index < -0.39 is 0 Å². The molecule has 7 heteroatoms. The lowest BCUT2D eigenvalue weighted by Crippen LogP contribution is -2.20. The second-order valence-electron chi connectivity index (χ2n) is 3.98. The highest BCUT2D eigenvalue weighted by Gasteiger charge is 1.99. The Morgan fingerprint density at radius 2 is 2.00 bits per heavy atom. The van der Waals surface area contributed by atoms with Crippen LogP contribution in [-0.4, -0.2) is 61.6 Å². The fourth-order valence-corrected chi connectivity index (χ4v) is 1.46. The van der Waals surface area contributed by atoms with Crippen LogP contribution in [0.3, 0.4) is 0 Å². The minimum Gasteiger partial charge on any atom is -0.378 e. The Morgan fingerprint density at radius 3 is 2.74 bits per heavy atom. The fraction of sp³-hybridized carbons (Fsp3) is 0.833. The Labute approximate surface area is 114 Å². The van der Waals surface area contributed by atoms with E-state index in [4.69, 9.17) is 14.2 Å². The standard InChI is InChI=1S/C12H24N4O3/c1-3-13-4-6-18-8-9-19-7-5-16-10-12(11-17-2)14-15-16/h10,13H,3-9,11H2,1-2H3. The Kier molecular flexibility index (Phi) is 9.17. The topological polar surface area (TPSA) is 70.4 Å². The second kappa shape index (κ2) is 10.9. The molecule has 0 amide bonds. The van der Waals surface area contributed by atoms with Crippen LogP contribution in [0.5, 0.6) is 0 Å². The Bertz CT molecular complexity index is 320. The number of ether oxygens (including phenoxy) is 3. The maximum Gasteiger partial charge on any atom is 0.108 e. The van der Waals surface area contributed by atoms with Crippen molar-refractivity contribution in [3.05, 3.63) is 11.9 Å². The summed E-state index contributed by atoms with van der Waals surface area (Å²) in [7, 11) is 1.64. The molecule has 1 aromatic rings. The summed E-state index contributed by atoms with van der Waals surface area (Å²) in [6, 6.07) is 0. The molecule has 0 aliphatic rings. The lowest BCUT2D eigenvalue weighted by Gasteiger charge is -2.06. The first-order valence-electron chi connectivity index (χ1n) is 6.61. The summed E-state index contributed by atoms with van der Waals surface area (Å²) in [6.07, 6.45) is 1.86. The minimum absolute atomic E-state index is 0.487. The van der Waals surface area contributed by atoms with Gasteiger partial charge in [0.15, 0.2) is 0 Å². The van der Waals surface area contributed by atoms with Crippen molar-refractivity contribution in [2.45, 2.75) is 20.1 Å². The Morgan fingerprint density at radius 1 is 1.21 bits per heavy atom. The molecule has 0 atom stereocenters. The fourth-order valence-electron chi connectivity index (χ4n) is 1.46. The number of likely N-dealkylation sites (N-methyl/N-ethyl adjacent to an activating group) is 1. The van der Waals surface area contributed by atoms with Gasteiger partial charge in [-0.1, -0.05) is 12.1 Å². The predicted molar refractivity (Wildman–Crippen MR) is 70.9 cm³/mol. The molecule has 1 rings (SSSR count). The van der Waals surface area contributed by atoms with Crippen LogP contribution >= 0.6 is 0 Å². The van der Waals surface area contributed by atoms with Crippen LogP contribution in [-0.2, 0) is 27.4 Å². The number of rotatable bonds is 12. The van der Waals surface area contributed by atoms with Gasteiger partial charge in [-0.2, -0.15) is 0 Å². The molecule has 0 saturated carbocycles. The van der Waals surface area contributed by atoms with Gasteiger partial charge >= 0.3 is 0 Å². The number of nitrogens with zero attached hydrogens (tertiary/aromatic N) is 3. The van der Waals surface area contributed by atoms with Crippen LogP contribution in [0.15, 0.2) is 6.20 Å². The predicted octanol–water partition coefficient (Wildman–Crippen LogP) is 0.0672. The largest absolute Gasteiger partial charge is 0.378 e. The molecule has 0 fully saturated rings. The van der Waals surface area contributed by atoms with E-state index in [9.17, 15) is 0 Å². The van der Waals surface area contributed by atoms with E-state index in [1.807, 2.05) is 6.20 Å². The molecule has 7 nitrogen and oxygen atoms in total. The Balaban J connectivity index is 1.92. The van der Waals surface area contributed by atoms with Crippen LogP contribution in [0.25, 0.3) is 0 Å². The van der Waals surface area contributed by atoms with Gasteiger partial charge in [-0.25, -0.2) is 4.68 Å². The van der Waals surface area contributed by atoms with Gasteiger partial charge < -0.3 is 19.5 Å². The van der Waals surface area contributed by atoms with Crippen LogP contribution in [0.1, 0.15) is 12.6 Å². The van der Waals surface area contributed by atoms with Gasteiger partial charge in [-0.05, 0) is 6.54 Å². The average molecular weight is 272 g/mol. The molecule has 19 heavy (non-hydrogen) atoms. The van der Waals surface area contributed by atoms with Crippen molar-refractivity contribution in [3.8, 4) is 0 Å². The quantitative estimate of drug-likeness (QED) is 0.543.